The number of hydroxylamine groups is 1. The zero-order valence-corrected chi connectivity index (χ0v) is 9.33. The summed E-state index contributed by atoms with van der Waals surface area (Å²) in [4.78, 5) is 28.2. The second kappa shape index (κ2) is 4.89. The van der Waals surface area contributed by atoms with Crippen LogP contribution in [-0.2, 0) is 9.63 Å². The van der Waals surface area contributed by atoms with Crippen molar-refractivity contribution in [3.8, 4) is 0 Å². The molecule has 2 heterocycles. The molecule has 2 amide bonds. The molecule has 0 aromatic carbocycles. The van der Waals surface area contributed by atoms with E-state index in [1.165, 1.54) is 0 Å². The summed E-state index contributed by atoms with van der Waals surface area (Å²) in [5.41, 5.74) is 2.12. The number of aliphatic hydroxyl groups excluding tert-OH is 1. The molecule has 7 heteroatoms. The van der Waals surface area contributed by atoms with Crippen molar-refractivity contribution >= 4 is 12.0 Å². The topological polar surface area (TPSA) is 99.1 Å². The van der Waals surface area contributed by atoms with Crippen LogP contribution in [0, 0.1) is 0 Å². The van der Waals surface area contributed by atoms with E-state index < -0.39 is 18.6 Å². The average molecular weight is 244 g/mol. The number of carbonyl (C=O) groups excluding carboxylic acids is 1. The molecule has 2 aliphatic rings. The zero-order valence-electron chi connectivity index (χ0n) is 9.33. The lowest BCUT2D eigenvalue weighted by molar-refractivity contribution is -0.144. The lowest BCUT2D eigenvalue weighted by atomic mass is 10.0. The van der Waals surface area contributed by atoms with Gasteiger partial charge in [-0.2, -0.15) is 0 Å². The molecule has 0 aromatic rings. The number of carbonyl (C=O) groups is 2. The Morgan fingerprint density at radius 1 is 1.29 bits per heavy atom. The highest BCUT2D eigenvalue weighted by molar-refractivity contribution is 5.75. The third-order valence-corrected chi connectivity index (χ3v) is 3.30. The highest BCUT2D eigenvalue weighted by Crippen LogP contribution is 2.35. The Hall–Kier alpha value is -1.34. The van der Waals surface area contributed by atoms with Gasteiger partial charge in [0.15, 0.2) is 6.61 Å². The number of hydrogen-bond donors (Lipinski definition) is 3. The van der Waals surface area contributed by atoms with Gasteiger partial charge in [-0.05, 0) is 25.7 Å². The molecule has 0 radical (unpaired) electrons. The highest BCUT2D eigenvalue weighted by Gasteiger charge is 2.42. The number of amides is 2. The van der Waals surface area contributed by atoms with Gasteiger partial charge in [0.05, 0.1) is 6.10 Å². The van der Waals surface area contributed by atoms with Gasteiger partial charge in [0.1, 0.15) is 0 Å². The predicted molar refractivity (Wildman–Crippen MR) is 56.0 cm³/mol. The Balaban J connectivity index is 1.86. The standard InChI is InChI=1S/C10H16N2O5/c13-8-3-6-1-2-7(4-8)12(6)10(16)11-17-5-9(14)15/h6-8,13H,1-5H2,(H,11,16)(H,14,15). The minimum absolute atomic E-state index is 0.0391. The van der Waals surface area contributed by atoms with Gasteiger partial charge >= 0.3 is 12.0 Å². The SMILES string of the molecule is O=C(O)CONC(=O)N1C2CCC1CC(O)C2. The fourth-order valence-corrected chi connectivity index (χ4v) is 2.69. The third kappa shape index (κ3) is 2.67. The molecule has 2 unspecified atom stereocenters. The summed E-state index contributed by atoms with van der Waals surface area (Å²) >= 11 is 0. The number of aliphatic carboxylic acids is 1. The minimum atomic E-state index is -1.14. The molecule has 17 heavy (non-hydrogen) atoms. The second-order valence-corrected chi connectivity index (χ2v) is 4.51. The first-order chi connectivity index (χ1) is 8.08. The first-order valence-electron chi connectivity index (χ1n) is 5.68. The van der Waals surface area contributed by atoms with Crippen LogP contribution in [0.1, 0.15) is 25.7 Å². The molecule has 0 spiro atoms. The van der Waals surface area contributed by atoms with Gasteiger partial charge in [-0.15, -0.1) is 0 Å². The largest absolute Gasteiger partial charge is 0.479 e. The van der Waals surface area contributed by atoms with Crippen LogP contribution in [-0.4, -0.2) is 51.9 Å². The van der Waals surface area contributed by atoms with Crippen molar-refractivity contribution in [2.45, 2.75) is 43.9 Å². The van der Waals surface area contributed by atoms with Gasteiger partial charge in [-0.1, -0.05) is 0 Å². The molecule has 0 aromatic heterocycles. The molecule has 2 rings (SSSR count). The number of aliphatic hydroxyl groups is 1. The average Bonchev–Trinajstić information content (AvgIpc) is 2.50. The van der Waals surface area contributed by atoms with E-state index in [-0.39, 0.29) is 18.2 Å². The van der Waals surface area contributed by atoms with Crippen LogP contribution in [0.15, 0.2) is 0 Å². The number of rotatable bonds is 3. The number of piperidine rings is 1. The van der Waals surface area contributed by atoms with E-state index in [1.807, 2.05) is 0 Å². The molecular weight excluding hydrogens is 228 g/mol. The first kappa shape index (κ1) is 12.1. The van der Waals surface area contributed by atoms with Gasteiger partial charge in [-0.25, -0.2) is 15.1 Å². The van der Waals surface area contributed by atoms with Crippen LogP contribution < -0.4 is 5.48 Å². The zero-order chi connectivity index (χ0) is 12.4. The van der Waals surface area contributed by atoms with E-state index in [0.29, 0.717) is 12.8 Å². The molecule has 0 aliphatic carbocycles. The smallest absolute Gasteiger partial charge is 0.341 e. The summed E-state index contributed by atoms with van der Waals surface area (Å²) in [7, 11) is 0. The number of hydrogen-bond acceptors (Lipinski definition) is 4. The van der Waals surface area contributed by atoms with E-state index in [0.717, 1.165) is 12.8 Å². The number of urea groups is 1. The number of carboxylic acid groups (broad SMARTS) is 1. The van der Waals surface area contributed by atoms with Crippen LogP contribution in [0.2, 0.25) is 0 Å². The van der Waals surface area contributed by atoms with Crippen LogP contribution in [0.4, 0.5) is 4.79 Å². The molecule has 96 valence electrons. The molecular formula is C10H16N2O5. The fraction of sp³-hybridized carbons (Fsp3) is 0.800. The number of nitrogens with zero attached hydrogens (tertiary/aromatic N) is 1. The predicted octanol–water partition coefficient (Wildman–Crippen LogP) is -0.300. The van der Waals surface area contributed by atoms with Crippen LogP contribution in [0.3, 0.4) is 0 Å². The van der Waals surface area contributed by atoms with Crippen LogP contribution >= 0.6 is 0 Å². The summed E-state index contributed by atoms with van der Waals surface area (Å²) in [6.45, 7) is -0.558. The van der Waals surface area contributed by atoms with E-state index in [4.69, 9.17) is 5.11 Å². The molecule has 2 saturated heterocycles. The maximum atomic E-state index is 11.8. The van der Waals surface area contributed by atoms with Crippen molar-refractivity contribution in [1.29, 1.82) is 0 Å². The van der Waals surface area contributed by atoms with Crippen molar-refractivity contribution in [3.63, 3.8) is 0 Å². The Labute approximate surface area is 98.3 Å². The molecule has 2 aliphatic heterocycles. The van der Waals surface area contributed by atoms with Crippen LogP contribution in [0.5, 0.6) is 0 Å². The van der Waals surface area contributed by atoms with E-state index >= 15 is 0 Å². The molecule has 0 saturated carbocycles. The number of fused-ring (bicyclic) bond motifs is 2. The lowest BCUT2D eigenvalue weighted by Gasteiger charge is -2.36. The van der Waals surface area contributed by atoms with E-state index in [1.54, 1.807) is 4.90 Å². The summed E-state index contributed by atoms with van der Waals surface area (Å²) in [5, 5.41) is 17.9. The maximum absolute atomic E-state index is 11.8. The summed E-state index contributed by atoms with van der Waals surface area (Å²) in [6, 6.07) is -0.333. The van der Waals surface area contributed by atoms with Gasteiger partial charge in [0, 0.05) is 12.1 Å². The van der Waals surface area contributed by atoms with Gasteiger partial charge < -0.3 is 15.1 Å². The number of nitrogens with one attached hydrogen (secondary N) is 1. The summed E-state index contributed by atoms with van der Waals surface area (Å²) in [5.74, 6) is -1.14. The third-order valence-electron chi connectivity index (χ3n) is 3.30. The fourth-order valence-electron chi connectivity index (χ4n) is 2.69. The first-order valence-corrected chi connectivity index (χ1v) is 5.68. The van der Waals surface area contributed by atoms with Gasteiger partial charge in [-0.3, -0.25) is 4.84 Å². The molecule has 3 N–H and O–H groups in total. The van der Waals surface area contributed by atoms with E-state index in [9.17, 15) is 14.7 Å². The van der Waals surface area contributed by atoms with E-state index in [2.05, 4.69) is 10.3 Å². The van der Waals surface area contributed by atoms with Gasteiger partial charge in [0.2, 0.25) is 0 Å². The quantitative estimate of drug-likeness (QED) is 0.592. The maximum Gasteiger partial charge on any atom is 0.341 e. The van der Waals surface area contributed by atoms with Crippen molar-refractivity contribution in [2.75, 3.05) is 6.61 Å². The minimum Gasteiger partial charge on any atom is -0.479 e. The van der Waals surface area contributed by atoms with Crippen molar-refractivity contribution < 1.29 is 24.6 Å². The molecule has 2 atom stereocenters. The normalized spacial score (nSPS) is 31.4. The molecule has 7 nitrogen and oxygen atoms in total. The monoisotopic (exact) mass is 244 g/mol. The molecule has 2 bridgehead atoms. The Morgan fingerprint density at radius 2 is 1.88 bits per heavy atom. The van der Waals surface area contributed by atoms with Gasteiger partial charge in [0.25, 0.3) is 0 Å². The summed E-state index contributed by atoms with van der Waals surface area (Å²) < 4.78 is 0. The Morgan fingerprint density at radius 3 is 2.41 bits per heavy atom. The van der Waals surface area contributed by atoms with Crippen molar-refractivity contribution in [2.24, 2.45) is 0 Å². The number of carboxylic acids is 1. The Bertz CT molecular complexity index is 308. The Kier molecular flexibility index (Phi) is 3.49. The molecule has 2 fully saturated rings. The second-order valence-electron chi connectivity index (χ2n) is 4.51. The van der Waals surface area contributed by atoms with Crippen molar-refractivity contribution in [1.82, 2.24) is 10.4 Å². The van der Waals surface area contributed by atoms with Crippen LogP contribution in [0.25, 0.3) is 0 Å². The lowest BCUT2D eigenvalue weighted by Crippen LogP contribution is -2.52. The highest BCUT2D eigenvalue weighted by atomic mass is 16.7. The van der Waals surface area contributed by atoms with Crippen molar-refractivity contribution in [3.05, 3.63) is 0 Å². The summed E-state index contributed by atoms with van der Waals surface area (Å²) in [6.07, 6.45) is 2.60.